The molecule has 1 N–H and O–H groups in total. The van der Waals surface area contributed by atoms with Crippen molar-refractivity contribution < 1.29 is 14.3 Å². The number of nitrogens with one attached hydrogen (secondary N) is 1. The average Bonchev–Trinajstić information content (AvgIpc) is 1.97. The molecule has 4 nitrogen and oxygen atoms in total. The third-order valence-electron chi connectivity index (χ3n) is 1.16. The topological polar surface area (TPSA) is 55.4 Å². The molecule has 0 heterocycles. The van der Waals surface area contributed by atoms with Crippen LogP contribution in [0.15, 0.2) is 0 Å². The first-order valence-electron chi connectivity index (χ1n) is 3.42. The molecule has 0 atom stereocenters. The van der Waals surface area contributed by atoms with Gasteiger partial charge in [0.05, 0.1) is 11.4 Å². The van der Waals surface area contributed by atoms with E-state index in [-0.39, 0.29) is 12.5 Å². The van der Waals surface area contributed by atoms with Gasteiger partial charge in [-0.25, -0.2) is 0 Å². The van der Waals surface area contributed by atoms with Crippen LogP contribution in [0.5, 0.6) is 0 Å². The maximum Gasteiger partial charge on any atom is 0.325 e. The van der Waals surface area contributed by atoms with Gasteiger partial charge in [0.2, 0.25) is 5.91 Å². The molecule has 0 aliphatic carbocycles. The highest BCUT2D eigenvalue weighted by molar-refractivity contribution is 9.10. The largest absolute Gasteiger partial charge is 0.468 e. The van der Waals surface area contributed by atoms with Crippen LogP contribution in [0.4, 0.5) is 0 Å². The quantitative estimate of drug-likeness (QED) is 0.573. The van der Waals surface area contributed by atoms with Crippen LogP contribution in [0.3, 0.4) is 0 Å². The molecule has 0 fully saturated rings. The summed E-state index contributed by atoms with van der Waals surface area (Å²) in [6, 6.07) is 0. The summed E-state index contributed by atoms with van der Waals surface area (Å²) in [5.41, 5.74) is 0. The smallest absolute Gasteiger partial charge is 0.325 e. The molecule has 0 spiro atoms. The van der Waals surface area contributed by atoms with Crippen LogP contribution in [-0.4, -0.2) is 29.9 Å². The normalized spacial score (nSPS) is 10.7. The van der Waals surface area contributed by atoms with Crippen molar-refractivity contribution in [1.82, 2.24) is 5.32 Å². The fourth-order valence-electron chi connectivity index (χ4n) is 0.435. The lowest BCUT2D eigenvalue weighted by atomic mass is 10.2. The van der Waals surface area contributed by atoms with Crippen molar-refractivity contribution in [1.29, 1.82) is 0 Å². The monoisotopic (exact) mass is 237 g/mol. The number of ether oxygens (including phenoxy) is 1. The minimum atomic E-state index is -0.652. The zero-order valence-corrected chi connectivity index (χ0v) is 8.90. The molecule has 0 saturated heterocycles. The minimum absolute atomic E-state index is 0.0929. The SMILES string of the molecule is COC(=O)CNC(=O)C(C)(C)Br. The van der Waals surface area contributed by atoms with Gasteiger partial charge in [0.15, 0.2) is 0 Å². The summed E-state index contributed by atoms with van der Waals surface area (Å²) >= 11 is 3.15. The number of hydrogen-bond donors (Lipinski definition) is 1. The van der Waals surface area contributed by atoms with Gasteiger partial charge < -0.3 is 10.1 Å². The molecule has 0 bridgehead atoms. The first-order valence-corrected chi connectivity index (χ1v) is 4.21. The number of esters is 1. The predicted octanol–water partition coefficient (Wildman–Crippen LogP) is 0.449. The number of amides is 1. The van der Waals surface area contributed by atoms with Gasteiger partial charge in [0.1, 0.15) is 6.54 Å². The number of methoxy groups -OCH3 is 1. The second kappa shape index (κ2) is 4.45. The van der Waals surface area contributed by atoms with Crippen LogP contribution in [-0.2, 0) is 14.3 Å². The summed E-state index contributed by atoms with van der Waals surface area (Å²) in [4.78, 5) is 21.7. The predicted molar refractivity (Wildman–Crippen MR) is 48.0 cm³/mol. The van der Waals surface area contributed by atoms with Gasteiger partial charge in [-0.1, -0.05) is 15.9 Å². The van der Waals surface area contributed by atoms with Crippen LogP contribution in [0.1, 0.15) is 13.8 Å². The molecule has 0 unspecified atom stereocenters. The highest BCUT2D eigenvalue weighted by atomic mass is 79.9. The second-order valence-corrected chi connectivity index (χ2v) is 4.71. The molecule has 0 aliphatic rings. The Hall–Kier alpha value is -0.580. The second-order valence-electron chi connectivity index (χ2n) is 2.73. The molecule has 1 amide bonds. The number of halogens is 1. The lowest BCUT2D eigenvalue weighted by Gasteiger charge is -2.14. The lowest BCUT2D eigenvalue weighted by Crippen LogP contribution is -2.40. The van der Waals surface area contributed by atoms with E-state index in [1.54, 1.807) is 13.8 Å². The number of rotatable bonds is 3. The Morgan fingerprint density at radius 1 is 1.50 bits per heavy atom. The molecule has 0 aliphatic heterocycles. The molecule has 12 heavy (non-hydrogen) atoms. The van der Waals surface area contributed by atoms with Crippen molar-refractivity contribution in [2.45, 2.75) is 18.2 Å². The fraction of sp³-hybridized carbons (Fsp3) is 0.714. The summed E-state index contributed by atoms with van der Waals surface area (Å²) in [5, 5.41) is 2.41. The molecular formula is C7H12BrNO3. The average molecular weight is 238 g/mol. The summed E-state index contributed by atoms with van der Waals surface area (Å²) in [7, 11) is 1.27. The number of hydrogen-bond acceptors (Lipinski definition) is 3. The zero-order valence-electron chi connectivity index (χ0n) is 7.31. The van der Waals surface area contributed by atoms with Crippen molar-refractivity contribution in [3.63, 3.8) is 0 Å². The summed E-state index contributed by atoms with van der Waals surface area (Å²) < 4.78 is 3.69. The highest BCUT2D eigenvalue weighted by Gasteiger charge is 2.23. The summed E-state index contributed by atoms with van der Waals surface area (Å²) in [6.45, 7) is 3.30. The first-order chi connectivity index (χ1) is 5.38. The Morgan fingerprint density at radius 2 is 2.00 bits per heavy atom. The van der Waals surface area contributed by atoms with E-state index in [1.165, 1.54) is 7.11 Å². The fourth-order valence-corrected chi connectivity index (χ4v) is 0.575. The molecule has 0 saturated carbocycles. The molecule has 0 radical (unpaired) electrons. The van der Waals surface area contributed by atoms with Gasteiger partial charge in [-0.2, -0.15) is 0 Å². The molecule has 0 aromatic carbocycles. The van der Waals surface area contributed by atoms with Gasteiger partial charge in [-0.15, -0.1) is 0 Å². The van der Waals surface area contributed by atoms with E-state index in [4.69, 9.17) is 0 Å². The third kappa shape index (κ3) is 4.33. The molecular weight excluding hydrogens is 226 g/mol. The van der Waals surface area contributed by atoms with Gasteiger partial charge in [0.25, 0.3) is 0 Å². The Morgan fingerprint density at radius 3 is 2.33 bits per heavy atom. The van der Waals surface area contributed by atoms with Crippen LogP contribution in [0.25, 0.3) is 0 Å². The Labute approximate surface area is 79.8 Å². The number of carbonyl (C=O) groups excluding carboxylic acids is 2. The van der Waals surface area contributed by atoms with Crippen molar-refractivity contribution in [2.75, 3.05) is 13.7 Å². The van der Waals surface area contributed by atoms with Gasteiger partial charge in [0, 0.05) is 0 Å². The van der Waals surface area contributed by atoms with Gasteiger partial charge in [-0.05, 0) is 13.8 Å². The summed E-state index contributed by atoms with van der Waals surface area (Å²) in [6.07, 6.45) is 0. The minimum Gasteiger partial charge on any atom is -0.468 e. The molecule has 0 aromatic heterocycles. The van der Waals surface area contributed by atoms with Crippen molar-refractivity contribution in [3.8, 4) is 0 Å². The van der Waals surface area contributed by atoms with Crippen molar-refractivity contribution >= 4 is 27.8 Å². The van der Waals surface area contributed by atoms with Crippen LogP contribution in [0.2, 0.25) is 0 Å². The van der Waals surface area contributed by atoms with E-state index in [0.717, 1.165) is 0 Å². The van der Waals surface area contributed by atoms with E-state index in [1.807, 2.05) is 0 Å². The third-order valence-corrected chi connectivity index (χ3v) is 1.52. The number of alkyl halides is 1. The van der Waals surface area contributed by atoms with Gasteiger partial charge >= 0.3 is 5.97 Å². The van der Waals surface area contributed by atoms with Crippen LogP contribution < -0.4 is 5.32 Å². The van der Waals surface area contributed by atoms with E-state index < -0.39 is 10.3 Å². The zero-order chi connectivity index (χ0) is 9.78. The maximum absolute atomic E-state index is 11.1. The Balaban J connectivity index is 3.81. The van der Waals surface area contributed by atoms with Crippen molar-refractivity contribution in [2.24, 2.45) is 0 Å². The molecule has 0 rings (SSSR count). The lowest BCUT2D eigenvalue weighted by molar-refractivity contribution is -0.141. The molecule has 0 aromatic rings. The maximum atomic E-state index is 11.1. The van der Waals surface area contributed by atoms with E-state index in [9.17, 15) is 9.59 Å². The highest BCUT2D eigenvalue weighted by Crippen LogP contribution is 2.14. The van der Waals surface area contributed by atoms with Gasteiger partial charge in [-0.3, -0.25) is 9.59 Å². The van der Waals surface area contributed by atoms with Crippen molar-refractivity contribution in [3.05, 3.63) is 0 Å². The number of carbonyl (C=O) groups is 2. The standard InChI is InChI=1S/C7H12BrNO3/c1-7(2,8)6(11)9-4-5(10)12-3/h4H2,1-3H3,(H,9,11). The molecule has 70 valence electrons. The van der Waals surface area contributed by atoms with E-state index in [0.29, 0.717) is 0 Å². The Bertz CT molecular complexity index is 186. The van der Waals surface area contributed by atoms with E-state index in [2.05, 4.69) is 26.0 Å². The Kier molecular flexibility index (Phi) is 4.23. The summed E-state index contributed by atoms with van der Waals surface area (Å²) in [5.74, 6) is -0.701. The van der Waals surface area contributed by atoms with E-state index >= 15 is 0 Å². The first kappa shape index (κ1) is 11.4. The van der Waals surface area contributed by atoms with Crippen LogP contribution >= 0.6 is 15.9 Å². The molecule has 5 heteroatoms. The van der Waals surface area contributed by atoms with Crippen LogP contribution in [0, 0.1) is 0 Å².